The number of aliphatic carboxylic acids is 1. The van der Waals surface area contributed by atoms with Gasteiger partial charge in [0.1, 0.15) is 6.54 Å². The second-order valence-corrected chi connectivity index (χ2v) is 5.80. The predicted molar refractivity (Wildman–Crippen MR) is 82.6 cm³/mol. The molecule has 3 rings (SSSR count). The Morgan fingerprint density at radius 2 is 2.00 bits per heavy atom. The van der Waals surface area contributed by atoms with Crippen molar-refractivity contribution >= 4 is 17.8 Å². The predicted octanol–water partition coefficient (Wildman–Crippen LogP) is -0.614. The number of fused-ring (bicyclic) bond motifs is 1. The van der Waals surface area contributed by atoms with E-state index in [2.05, 4.69) is 5.43 Å². The minimum atomic E-state index is -1.14. The number of nitrogens with one attached hydrogen (secondary N) is 1. The van der Waals surface area contributed by atoms with Crippen molar-refractivity contribution < 1.29 is 24.2 Å². The minimum absolute atomic E-state index is 0.228. The van der Waals surface area contributed by atoms with E-state index in [1.807, 2.05) is 24.3 Å². The van der Waals surface area contributed by atoms with Gasteiger partial charge in [-0.05, 0) is 17.5 Å². The molecule has 2 atom stereocenters. The lowest BCUT2D eigenvalue weighted by molar-refractivity contribution is -0.147. The second kappa shape index (κ2) is 6.58. The average molecular weight is 333 g/mol. The Hall–Kier alpha value is -2.45. The number of hydrazine groups is 1. The number of hydrogen-bond acceptors (Lipinski definition) is 5. The third-order valence-corrected chi connectivity index (χ3v) is 4.25. The maximum Gasteiger partial charge on any atom is 0.324 e. The van der Waals surface area contributed by atoms with Gasteiger partial charge in [-0.15, -0.1) is 0 Å². The fourth-order valence-corrected chi connectivity index (χ4v) is 2.91. The first-order valence-corrected chi connectivity index (χ1v) is 7.73. The van der Waals surface area contributed by atoms with Gasteiger partial charge in [-0.2, -0.15) is 0 Å². The molecule has 8 heteroatoms. The van der Waals surface area contributed by atoms with Gasteiger partial charge >= 0.3 is 5.97 Å². The lowest BCUT2D eigenvalue weighted by atomic mass is 9.99. The SMILES string of the molecule is CNN(CC(=O)O)C(=O)C1OC1C(=O)N1CCc2ccccc2C1. The Morgan fingerprint density at radius 1 is 1.29 bits per heavy atom. The highest BCUT2D eigenvalue weighted by Gasteiger charge is 2.53. The standard InChI is InChI=1S/C16H19N3O5/c1-17-19(9-12(20)21)16(23)14-13(24-14)15(22)18-7-6-10-4-2-3-5-11(10)8-18/h2-5,13-14,17H,6-9H2,1H3,(H,20,21). The van der Waals surface area contributed by atoms with Gasteiger partial charge in [0.25, 0.3) is 11.8 Å². The van der Waals surface area contributed by atoms with Crippen molar-refractivity contribution in [3.63, 3.8) is 0 Å². The van der Waals surface area contributed by atoms with Crippen LogP contribution in [0.5, 0.6) is 0 Å². The molecule has 0 aliphatic carbocycles. The van der Waals surface area contributed by atoms with Crippen molar-refractivity contribution in [2.24, 2.45) is 0 Å². The van der Waals surface area contributed by atoms with Crippen LogP contribution >= 0.6 is 0 Å². The van der Waals surface area contributed by atoms with Crippen LogP contribution in [0.25, 0.3) is 0 Å². The number of carboxylic acids is 1. The van der Waals surface area contributed by atoms with Crippen LogP contribution in [0.1, 0.15) is 11.1 Å². The average Bonchev–Trinajstić information content (AvgIpc) is 3.38. The molecule has 0 aromatic heterocycles. The Balaban J connectivity index is 1.60. The van der Waals surface area contributed by atoms with Gasteiger partial charge in [0.05, 0.1) is 0 Å². The van der Waals surface area contributed by atoms with E-state index in [0.29, 0.717) is 13.1 Å². The topological polar surface area (TPSA) is 102 Å². The molecule has 8 nitrogen and oxygen atoms in total. The van der Waals surface area contributed by atoms with E-state index in [9.17, 15) is 14.4 Å². The monoisotopic (exact) mass is 333 g/mol. The van der Waals surface area contributed by atoms with Gasteiger partial charge in [-0.3, -0.25) is 19.4 Å². The summed E-state index contributed by atoms with van der Waals surface area (Å²) in [6.45, 7) is 0.593. The largest absolute Gasteiger partial charge is 0.480 e. The third-order valence-electron chi connectivity index (χ3n) is 4.25. The molecule has 0 bridgehead atoms. The summed E-state index contributed by atoms with van der Waals surface area (Å²) in [6, 6.07) is 7.95. The van der Waals surface area contributed by atoms with Gasteiger partial charge in [0, 0.05) is 20.1 Å². The molecule has 1 saturated heterocycles. The van der Waals surface area contributed by atoms with Crippen LogP contribution in [0.2, 0.25) is 0 Å². The van der Waals surface area contributed by atoms with E-state index >= 15 is 0 Å². The number of epoxide rings is 1. The van der Waals surface area contributed by atoms with Crippen molar-refractivity contribution in [3.05, 3.63) is 35.4 Å². The summed E-state index contributed by atoms with van der Waals surface area (Å²) in [5.41, 5.74) is 4.84. The van der Waals surface area contributed by atoms with Crippen LogP contribution in [0.15, 0.2) is 24.3 Å². The third kappa shape index (κ3) is 3.24. The zero-order chi connectivity index (χ0) is 17.3. The number of rotatable bonds is 5. The van der Waals surface area contributed by atoms with Crippen LogP contribution in [-0.2, 0) is 32.1 Å². The number of ether oxygens (including phenoxy) is 1. The molecule has 2 heterocycles. The van der Waals surface area contributed by atoms with Crippen LogP contribution in [0.4, 0.5) is 0 Å². The fraction of sp³-hybridized carbons (Fsp3) is 0.438. The Kier molecular flexibility index (Phi) is 4.50. The van der Waals surface area contributed by atoms with Gasteiger partial charge in [0.2, 0.25) is 0 Å². The number of hydrogen-bond donors (Lipinski definition) is 2. The highest BCUT2D eigenvalue weighted by Crippen LogP contribution is 2.28. The quantitative estimate of drug-likeness (QED) is 0.550. The Labute approximate surface area is 139 Å². The fourth-order valence-electron chi connectivity index (χ4n) is 2.91. The van der Waals surface area contributed by atoms with Crippen molar-refractivity contribution in [2.75, 3.05) is 20.1 Å². The van der Waals surface area contributed by atoms with E-state index in [0.717, 1.165) is 17.0 Å². The van der Waals surface area contributed by atoms with E-state index in [1.54, 1.807) is 4.90 Å². The lowest BCUT2D eigenvalue weighted by Crippen LogP contribution is -2.47. The van der Waals surface area contributed by atoms with Crippen molar-refractivity contribution in [1.29, 1.82) is 0 Å². The van der Waals surface area contributed by atoms with E-state index < -0.39 is 30.6 Å². The smallest absolute Gasteiger partial charge is 0.324 e. The van der Waals surface area contributed by atoms with Gasteiger partial charge in [-0.25, -0.2) is 5.43 Å². The van der Waals surface area contributed by atoms with Crippen molar-refractivity contribution in [3.8, 4) is 0 Å². The number of carboxylic acid groups (broad SMARTS) is 1. The van der Waals surface area contributed by atoms with Crippen molar-refractivity contribution in [1.82, 2.24) is 15.3 Å². The maximum absolute atomic E-state index is 12.5. The van der Waals surface area contributed by atoms with Crippen LogP contribution in [0.3, 0.4) is 0 Å². The molecular formula is C16H19N3O5. The summed E-state index contributed by atoms with van der Waals surface area (Å²) in [5, 5.41) is 9.72. The Morgan fingerprint density at radius 3 is 2.67 bits per heavy atom. The molecule has 2 amide bonds. The highest BCUT2D eigenvalue weighted by molar-refractivity contribution is 5.95. The van der Waals surface area contributed by atoms with Gasteiger partial charge < -0.3 is 14.7 Å². The molecule has 1 aromatic rings. The molecular weight excluding hydrogens is 314 g/mol. The Bertz CT molecular complexity index is 677. The number of nitrogens with zero attached hydrogens (tertiary/aromatic N) is 2. The van der Waals surface area contributed by atoms with Crippen LogP contribution in [-0.4, -0.2) is 65.1 Å². The number of benzene rings is 1. The zero-order valence-corrected chi connectivity index (χ0v) is 13.3. The number of carbonyl (C=O) groups excluding carboxylic acids is 2. The molecule has 2 N–H and O–H groups in total. The molecule has 0 spiro atoms. The second-order valence-electron chi connectivity index (χ2n) is 5.80. The minimum Gasteiger partial charge on any atom is -0.480 e. The van der Waals surface area contributed by atoms with E-state index in [-0.39, 0.29) is 5.91 Å². The molecule has 1 aromatic carbocycles. The molecule has 0 saturated carbocycles. The van der Waals surface area contributed by atoms with Crippen LogP contribution < -0.4 is 5.43 Å². The first kappa shape index (κ1) is 16.4. The van der Waals surface area contributed by atoms with Gasteiger partial charge in [0.15, 0.2) is 12.2 Å². The summed E-state index contributed by atoms with van der Waals surface area (Å²) < 4.78 is 5.23. The first-order valence-electron chi connectivity index (χ1n) is 7.73. The summed E-state index contributed by atoms with van der Waals surface area (Å²) in [7, 11) is 1.45. The van der Waals surface area contributed by atoms with Crippen LogP contribution in [0, 0.1) is 0 Å². The van der Waals surface area contributed by atoms with Crippen molar-refractivity contribution in [2.45, 2.75) is 25.2 Å². The normalized spacial score (nSPS) is 21.8. The van der Waals surface area contributed by atoms with E-state index in [4.69, 9.17) is 9.84 Å². The first-order chi connectivity index (χ1) is 11.5. The molecule has 128 valence electrons. The highest BCUT2D eigenvalue weighted by atomic mass is 16.6. The summed E-state index contributed by atoms with van der Waals surface area (Å²) in [5.74, 6) is -1.92. The summed E-state index contributed by atoms with van der Waals surface area (Å²) in [4.78, 5) is 37.1. The summed E-state index contributed by atoms with van der Waals surface area (Å²) in [6.07, 6.45) is -0.969. The summed E-state index contributed by atoms with van der Waals surface area (Å²) >= 11 is 0. The molecule has 2 unspecified atom stereocenters. The lowest BCUT2D eigenvalue weighted by Gasteiger charge is -2.28. The molecule has 24 heavy (non-hydrogen) atoms. The molecule has 2 aliphatic rings. The number of carbonyl (C=O) groups is 3. The van der Waals surface area contributed by atoms with E-state index in [1.165, 1.54) is 12.6 Å². The molecule has 1 fully saturated rings. The molecule has 0 radical (unpaired) electrons. The zero-order valence-electron chi connectivity index (χ0n) is 13.3. The van der Waals surface area contributed by atoms with Gasteiger partial charge in [-0.1, -0.05) is 24.3 Å². The maximum atomic E-state index is 12.5. The number of amides is 2. The molecule has 2 aliphatic heterocycles.